The third-order valence-corrected chi connectivity index (χ3v) is 6.42. The smallest absolute Gasteiger partial charge is 0.233 e. The van der Waals surface area contributed by atoms with Gasteiger partial charge < -0.3 is 4.90 Å². The highest BCUT2D eigenvalue weighted by Gasteiger charge is 2.23. The summed E-state index contributed by atoms with van der Waals surface area (Å²) in [4.78, 5) is 14.7. The first kappa shape index (κ1) is 19.7. The molecule has 0 bridgehead atoms. The Balaban J connectivity index is 1.28. The first-order valence-corrected chi connectivity index (χ1v) is 11.1. The number of hydrogen-bond donors (Lipinski definition) is 0. The quantitative estimate of drug-likeness (QED) is 0.577. The van der Waals surface area contributed by atoms with E-state index in [2.05, 4.69) is 59.6 Å². The summed E-state index contributed by atoms with van der Waals surface area (Å²) in [5.74, 6) is 1.25. The zero-order valence-corrected chi connectivity index (χ0v) is 17.5. The van der Waals surface area contributed by atoms with E-state index < -0.39 is 0 Å². The maximum Gasteiger partial charge on any atom is 0.233 e. The lowest BCUT2D eigenvalue weighted by Crippen LogP contribution is -2.39. The molecule has 1 amide bonds. The standard InChI is InChI=1S/C23H26N4OS/c1-18-7-9-21(10-8-18)27-17-24-25-23(27)29-16-22(28)26-13-11-20(12-14-26)15-19-5-3-2-4-6-19/h2-10,17,20H,11-16H2,1H3. The van der Waals surface area contributed by atoms with Crippen LogP contribution in [-0.4, -0.2) is 44.4 Å². The second-order valence-electron chi connectivity index (χ2n) is 7.62. The van der Waals surface area contributed by atoms with Crippen molar-refractivity contribution in [1.82, 2.24) is 19.7 Å². The molecule has 3 aromatic rings. The van der Waals surface area contributed by atoms with Crippen LogP contribution < -0.4 is 0 Å². The molecule has 0 radical (unpaired) electrons. The summed E-state index contributed by atoms with van der Waals surface area (Å²) in [6.07, 6.45) is 4.96. The minimum absolute atomic E-state index is 0.187. The Morgan fingerprint density at radius 2 is 1.79 bits per heavy atom. The molecule has 0 N–H and O–H groups in total. The third-order valence-electron chi connectivity index (χ3n) is 5.49. The largest absolute Gasteiger partial charge is 0.342 e. The van der Waals surface area contributed by atoms with Gasteiger partial charge in [-0.3, -0.25) is 9.36 Å². The highest BCUT2D eigenvalue weighted by molar-refractivity contribution is 7.99. The molecule has 1 aliphatic heterocycles. The number of likely N-dealkylation sites (tertiary alicyclic amines) is 1. The van der Waals surface area contributed by atoms with Crippen LogP contribution in [0.1, 0.15) is 24.0 Å². The van der Waals surface area contributed by atoms with Crippen molar-refractivity contribution in [1.29, 1.82) is 0 Å². The van der Waals surface area contributed by atoms with E-state index in [9.17, 15) is 4.79 Å². The van der Waals surface area contributed by atoms with Gasteiger partial charge in [-0.1, -0.05) is 59.8 Å². The van der Waals surface area contributed by atoms with Gasteiger partial charge in [0, 0.05) is 18.8 Å². The van der Waals surface area contributed by atoms with Crippen LogP contribution in [0.3, 0.4) is 0 Å². The Kier molecular flexibility index (Phi) is 6.30. The second-order valence-corrected chi connectivity index (χ2v) is 8.56. The highest BCUT2D eigenvalue weighted by Crippen LogP contribution is 2.24. The van der Waals surface area contributed by atoms with Crippen LogP contribution in [0.4, 0.5) is 0 Å². The molecule has 6 heteroatoms. The number of carbonyl (C=O) groups excluding carboxylic acids is 1. The number of rotatable bonds is 6. The fraction of sp³-hybridized carbons (Fsp3) is 0.348. The van der Waals surface area contributed by atoms with E-state index in [4.69, 9.17) is 0 Å². The van der Waals surface area contributed by atoms with E-state index >= 15 is 0 Å². The molecule has 0 saturated carbocycles. The maximum absolute atomic E-state index is 12.7. The normalized spacial score (nSPS) is 14.9. The number of thioether (sulfide) groups is 1. The minimum Gasteiger partial charge on any atom is -0.342 e. The van der Waals surface area contributed by atoms with E-state index in [0.29, 0.717) is 11.7 Å². The van der Waals surface area contributed by atoms with E-state index in [1.807, 2.05) is 21.6 Å². The van der Waals surface area contributed by atoms with Gasteiger partial charge in [-0.15, -0.1) is 10.2 Å². The van der Waals surface area contributed by atoms with Crippen molar-refractivity contribution in [2.75, 3.05) is 18.8 Å². The number of carbonyl (C=O) groups is 1. The van der Waals surface area contributed by atoms with Crippen molar-refractivity contribution in [2.24, 2.45) is 5.92 Å². The van der Waals surface area contributed by atoms with Gasteiger partial charge in [0.05, 0.1) is 5.75 Å². The Bertz CT molecular complexity index is 931. The fourth-order valence-corrected chi connectivity index (χ4v) is 4.59. The molecule has 150 valence electrons. The molecular weight excluding hydrogens is 380 g/mol. The zero-order chi connectivity index (χ0) is 20.1. The van der Waals surface area contributed by atoms with E-state index in [1.165, 1.54) is 22.9 Å². The monoisotopic (exact) mass is 406 g/mol. The summed E-state index contributed by atoms with van der Waals surface area (Å²) < 4.78 is 1.93. The molecule has 0 spiro atoms. The number of nitrogens with zero attached hydrogens (tertiary/aromatic N) is 4. The number of hydrogen-bond acceptors (Lipinski definition) is 4. The second kappa shape index (κ2) is 9.27. The van der Waals surface area contributed by atoms with Crippen molar-refractivity contribution in [2.45, 2.75) is 31.3 Å². The van der Waals surface area contributed by atoms with Crippen molar-refractivity contribution in [3.8, 4) is 5.69 Å². The van der Waals surface area contributed by atoms with Gasteiger partial charge in [0.25, 0.3) is 0 Å². The first-order chi connectivity index (χ1) is 14.2. The SMILES string of the molecule is Cc1ccc(-n2cnnc2SCC(=O)N2CCC(Cc3ccccc3)CC2)cc1. The summed E-state index contributed by atoms with van der Waals surface area (Å²) in [7, 11) is 0. The maximum atomic E-state index is 12.7. The van der Waals surface area contributed by atoms with Crippen LogP contribution in [-0.2, 0) is 11.2 Å². The molecule has 0 atom stereocenters. The predicted molar refractivity (Wildman–Crippen MR) is 116 cm³/mol. The molecule has 1 aliphatic rings. The molecule has 5 nitrogen and oxygen atoms in total. The highest BCUT2D eigenvalue weighted by atomic mass is 32.2. The lowest BCUT2D eigenvalue weighted by atomic mass is 9.90. The summed E-state index contributed by atoms with van der Waals surface area (Å²) in [6, 6.07) is 18.9. The molecule has 0 aliphatic carbocycles. The van der Waals surface area contributed by atoms with Crippen LogP contribution >= 0.6 is 11.8 Å². The van der Waals surface area contributed by atoms with Gasteiger partial charge in [0.15, 0.2) is 5.16 Å². The molecule has 2 aromatic carbocycles. The molecule has 1 fully saturated rings. The molecular formula is C23H26N4OS. The van der Waals surface area contributed by atoms with Gasteiger partial charge in [0.2, 0.25) is 5.91 Å². The van der Waals surface area contributed by atoms with E-state index in [1.54, 1.807) is 6.33 Å². The summed E-state index contributed by atoms with van der Waals surface area (Å²) in [6.45, 7) is 3.76. The molecule has 2 heterocycles. The number of benzene rings is 2. The van der Waals surface area contributed by atoms with E-state index in [-0.39, 0.29) is 5.91 Å². The topological polar surface area (TPSA) is 51.0 Å². The average Bonchev–Trinajstić information content (AvgIpc) is 3.22. The Labute approximate surface area is 176 Å². The number of amides is 1. The van der Waals surface area contributed by atoms with Gasteiger partial charge in [-0.25, -0.2) is 0 Å². The number of aromatic nitrogens is 3. The van der Waals surface area contributed by atoms with Crippen LogP contribution in [0.2, 0.25) is 0 Å². The van der Waals surface area contributed by atoms with E-state index in [0.717, 1.165) is 43.2 Å². The lowest BCUT2D eigenvalue weighted by molar-refractivity contribution is -0.129. The lowest BCUT2D eigenvalue weighted by Gasteiger charge is -2.32. The molecule has 1 saturated heterocycles. The Hall–Kier alpha value is -2.60. The number of aryl methyl sites for hydroxylation is 1. The van der Waals surface area contributed by atoms with Crippen molar-refractivity contribution in [3.63, 3.8) is 0 Å². The van der Waals surface area contributed by atoms with Crippen molar-refractivity contribution < 1.29 is 4.79 Å². The van der Waals surface area contributed by atoms with Crippen molar-refractivity contribution in [3.05, 3.63) is 72.1 Å². The first-order valence-electron chi connectivity index (χ1n) is 10.1. The minimum atomic E-state index is 0.187. The molecule has 1 aromatic heterocycles. The zero-order valence-electron chi connectivity index (χ0n) is 16.7. The Morgan fingerprint density at radius 3 is 2.52 bits per heavy atom. The van der Waals surface area contributed by atoms with Crippen LogP contribution in [0.25, 0.3) is 5.69 Å². The van der Waals surface area contributed by atoms with Crippen LogP contribution in [0, 0.1) is 12.8 Å². The van der Waals surface area contributed by atoms with Gasteiger partial charge in [-0.2, -0.15) is 0 Å². The molecule has 29 heavy (non-hydrogen) atoms. The molecule has 0 unspecified atom stereocenters. The van der Waals surface area contributed by atoms with Crippen molar-refractivity contribution >= 4 is 17.7 Å². The van der Waals surface area contributed by atoms with Gasteiger partial charge in [-0.05, 0) is 49.8 Å². The Morgan fingerprint density at radius 1 is 1.07 bits per heavy atom. The van der Waals surface area contributed by atoms with Gasteiger partial charge >= 0.3 is 0 Å². The predicted octanol–water partition coefficient (Wildman–Crippen LogP) is 4.15. The molecule has 4 rings (SSSR count). The average molecular weight is 407 g/mol. The third kappa shape index (κ3) is 5.07. The summed E-state index contributed by atoms with van der Waals surface area (Å²) in [5.41, 5.74) is 3.61. The van der Waals surface area contributed by atoms with Crippen LogP contribution in [0.5, 0.6) is 0 Å². The van der Waals surface area contributed by atoms with Gasteiger partial charge in [0.1, 0.15) is 6.33 Å². The number of piperidine rings is 1. The summed E-state index contributed by atoms with van der Waals surface area (Å²) in [5, 5.41) is 8.98. The van der Waals surface area contributed by atoms with Crippen LogP contribution in [0.15, 0.2) is 66.1 Å². The summed E-state index contributed by atoms with van der Waals surface area (Å²) >= 11 is 1.46. The fourth-order valence-electron chi connectivity index (χ4n) is 3.76.